The quantitative estimate of drug-likeness (QED) is 0.862. The summed E-state index contributed by atoms with van der Waals surface area (Å²) in [6.07, 6.45) is 0.330. The van der Waals surface area contributed by atoms with Crippen LogP contribution in [0.5, 0.6) is 0 Å². The van der Waals surface area contributed by atoms with E-state index in [4.69, 9.17) is 17.3 Å². The van der Waals surface area contributed by atoms with E-state index < -0.39 is 11.9 Å². The van der Waals surface area contributed by atoms with Gasteiger partial charge in [0.1, 0.15) is 11.6 Å². The first-order valence-corrected chi connectivity index (χ1v) is 6.79. The fraction of sp³-hybridized carbons (Fsp3) is 0.143. The summed E-state index contributed by atoms with van der Waals surface area (Å²) in [7, 11) is 0. The molecule has 0 radical (unpaired) electrons. The van der Waals surface area contributed by atoms with Crippen LogP contribution in [-0.4, -0.2) is 0 Å². The minimum Gasteiger partial charge on any atom is -0.324 e. The Morgan fingerprint density at radius 3 is 2.58 bits per heavy atom. The predicted octanol–water partition coefficient (Wildman–Crippen LogP) is 4.62. The van der Waals surface area contributed by atoms with Gasteiger partial charge in [-0.2, -0.15) is 0 Å². The van der Waals surface area contributed by atoms with E-state index >= 15 is 0 Å². The van der Waals surface area contributed by atoms with E-state index in [0.717, 1.165) is 0 Å². The largest absolute Gasteiger partial charge is 0.324 e. The summed E-state index contributed by atoms with van der Waals surface area (Å²) in [6, 6.07) is 8.49. The molecule has 0 aliphatic rings. The summed E-state index contributed by atoms with van der Waals surface area (Å²) in [5.74, 6) is -0.811. The molecule has 5 heteroatoms. The lowest BCUT2D eigenvalue weighted by molar-refractivity contribution is 0.577. The van der Waals surface area contributed by atoms with Crippen molar-refractivity contribution in [2.45, 2.75) is 12.5 Å². The third-order valence-electron chi connectivity index (χ3n) is 2.83. The van der Waals surface area contributed by atoms with E-state index in [-0.39, 0.29) is 5.82 Å². The molecular formula is C14H11BrClF2N. The molecule has 2 N–H and O–H groups in total. The molecule has 0 aromatic heterocycles. The topological polar surface area (TPSA) is 26.0 Å². The van der Waals surface area contributed by atoms with Crippen LogP contribution in [0.1, 0.15) is 17.2 Å². The lowest BCUT2D eigenvalue weighted by Crippen LogP contribution is -2.15. The number of nitrogens with two attached hydrogens (primary N) is 1. The number of hydrogen-bond acceptors (Lipinski definition) is 1. The maximum atomic E-state index is 13.7. The lowest BCUT2D eigenvalue weighted by Gasteiger charge is -2.14. The normalized spacial score (nSPS) is 12.5. The molecule has 0 amide bonds. The molecular weight excluding hydrogens is 336 g/mol. The Balaban J connectivity index is 2.25. The van der Waals surface area contributed by atoms with Gasteiger partial charge < -0.3 is 5.73 Å². The van der Waals surface area contributed by atoms with Crippen molar-refractivity contribution in [3.8, 4) is 0 Å². The molecule has 0 aliphatic heterocycles. The van der Waals surface area contributed by atoms with Gasteiger partial charge >= 0.3 is 0 Å². The molecule has 2 aromatic rings. The smallest absolute Gasteiger partial charge is 0.137 e. The molecule has 100 valence electrons. The molecule has 0 fully saturated rings. The van der Waals surface area contributed by atoms with E-state index in [9.17, 15) is 8.78 Å². The molecule has 0 saturated carbocycles. The Hall–Kier alpha value is -0.970. The van der Waals surface area contributed by atoms with Gasteiger partial charge in [-0.15, -0.1) is 0 Å². The van der Waals surface area contributed by atoms with Crippen LogP contribution in [0.15, 0.2) is 40.9 Å². The number of halogens is 4. The monoisotopic (exact) mass is 345 g/mol. The molecule has 0 aliphatic carbocycles. The summed E-state index contributed by atoms with van der Waals surface area (Å²) in [6.45, 7) is 0. The summed E-state index contributed by atoms with van der Waals surface area (Å²) in [4.78, 5) is 0. The van der Waals surface area contributed by atoms with E-state index in [1.165, 1.54) is 12.1 Å². The average Bonchev–Trinajstić information content (AvgIpc) is 2.34. The van der Waals surface area contributed by atoms with Crippen molar-refractivity contribution in [1.29, 1.82) is 0 Å². The highest BCUT2D eigenvalue weighted by Gasteiger charge is 2.15. The maximum absolute atomic E-state index is 13.7. The molecule has 0 bridgehead atoms. The number of hydrogen-bond donors (Lipinski definition) is 1. The second-order valence-corrected chi connectivity index (χ2v) is 5.42. The zero-order valence-corrected chi connectivity index (χ0v) is 12.2. The fourth-order valence-electron chi connectivity index (χ4n) is 1.86. The Kier molecular flexibility index (Phi) is 4.55. The van der Waals surface area contributed by atoms with Crippen molar-refractivity contribution < 1.29 is 8.78 Å². The summed E-state index contributed by atoms with van der Waals surface area (Å²) in [5, 5.41) is 0.320. The van der Waals surface area contributed by atoms with Gasteiger partial charge in [0, 0.05) is 16.6 Å². The van der Waals surface area contributed by atoms with Gasteiger partial charge in [0.25, 0.3) is 0 Å². The maximum Gasteiger partial charge on any atom is 0.137 e. The number of rotatable bonds is 3. The van der Waals surface area contributed by atoms with Gasteiger partial charge in [-0.25, -0.2) is 8.78 Å². The van der Waals surface area contributed by atoms with Crippen molar-refractivity contribution in [3.05, 3.63) is 68.7 Å². The summed E-state index contributed by atoms with van der Waals surface area (Å²) in [5.41, 5.74) is 7.03. The fourth-order valence-corrected chi connectivity index (χ4v) is 2.44. The minimum atomic E-state index is -0.560. The first-order chi connectivity index (χ1) is 8.99. The standard InChI is InChI=1S/C14H11BrClF2N/c15-14-8(2-1-3-11(14)17)6-13(19)10-5-4-9(16)7-12(10)18/h1-5,7,13H,6,19H2. The van der Waals surface area contributed by atoms with Crippen molar-refractivity contribution in [2.24, 2.45) is 5.73 Å². The van der Waals surface area contributed by atoms with Crippen molar-refractivity contribution in [2.75, 3.05) is 0 Å². The van der Waals surface area contributed by atoms with Crippen LogP contribution in [0.25, 0.3) is 0 Å². The average molecular weight is 347 g/mol. The second kappa shape index (κ2) is 5.99. The van der Waals surface area contributed by atoms with Gasteiger partial charge in [-0.3, -0.25) is 0 Å². The predicted molar refractivity (Wildman–Crippen MR) is 76.1 cm³/mol. The SMILES string of the molecule is NC(Cc1cccc(F)c1Br)c1ccc(Cl)cc1F. The Morgan fingerprint density at radius 2 is 1.89 bits per heavy atom. The van der Waals surface area contributed by atoms with Crippen molar-refractivity contribution in [3.63, 3.8) is 0 Å². The molecule has 1 unspecified atom stereocenters. The van der Waals surface area contributed by atoms with Gasteiger partial charge in [0.15, 0.2) is 0 Å². The van der Waals surface area contributed by atoms with Gasteiger partial charge in [-0.1, -0.05) is 29.8 Å². The van der Waals surface area contributed by atoms with Crippen LogP contribution in [-0.2, 0) is 6.42 Å². The highest BCUT2D eigenvalue weighted by atomic mass is 79.9. The van der Waals surface area contributed by atoms with E-state index in [2.05, 4.69) is 15.9 Å². The van der Waals surface area contributed by atoms with Gasteiger partial charge in [0.05, 0.1) is 4.47 Å². The first kappa shape index (κ1) is 14.4. The Morgan fingerprint density at radius 1 is 1.16 bits per heavy atom. The zero-order chi connectivity index (χ0) is 14.0. The minimum absolute atomic E-state index is 0.320. The Labute approximate surface area is 123 Å². The lowest BCUT2D eigenvalue weighted by atomic mass is 9.99. The third-order valence-corrected chi connectivity index (χ3v) is 3.96. The Bertz CT molecular complexity index is 604. The third kappa shape index (κ3) is 3.32. The second-order valence-electron chi connectivity index (χ2n) is 4.19. The van der Waals surface area contributed by atoms with Gasteiger partial charge in [-0.05, 0) is 46.1 Å². The first-order valence-electron chi connectivity index (χ1n) is 5.62. The zero-order valence-electron chi connectivity index (χ0n) is 9.84. The van der Waals surface area contributed by atoms with Crippen LogP contribution in [0, 0.1) is 11.6 Å². The highest BCUT2D eigenvalue weighted by Crippen LogP contribution is 2.27. The van der Waals surface area contributed by atoms with E-state index in [0.29, 0.717) is 27.0 Å². The van der Waals surface area contributed by atoms with E-state index in [1.807, 2.05) is 0 Å². The molecule has 0 heterocycles. The molecule has 0 saturated heterocycles. The van der Waals surface area contributed by atoms with Crippen LogP contribution in [0.2, 0.25) is 5.02 Å². The molecule has 19 heavy (non-hydrogen) atoms. The van der Waals surface area contributed by atoms with Crippen LogP contribution in [0.3, 0.4) is 0 Å². The molecule has 0 spiro atoms. The molecule has 2 rings (SSSR count). The van der Waals surface area contributed by atoms with Crippen LogP contribution in [0.4, 0.5) is 8.78 Å². The summed E-state index contributed by atoms with van der Waals surface area (Å²) < 4.78 is 27.5. The van der Waals surface area contributed by atoms with Crippen LogP contribution < -0.4 is 5.73 Å². The van der Waals surface area contributed by atoms with E-state index in [1.54, 1.807) is 24.3 Å². The molecule has 2 aromatic carbocycles. The molecule has 1 atom stereocenters. The van der Waals surface area contributed by atoms with Gasteiger partial charge in [0.2, 0.25) is 0 Å². The van der Waals surface area contributed by atoms with Crippen LogP contribution >= 0.6 is 27.5 Å². The van der Waals surface area contributed by atoms with Crippen molar-refractivity contribution in [1.82, 2.24) is 0 Å². The van der Waals surface area contributed by atoms with Crippen molar-refractivity contribution >= 4 is 27.5 Å². The number of benzene rings is 2. The molecule has 1 nitrogen and oxygen atoms in total. The summed E-state index contributed by atoms with van der Waals surface area (Å²) >= 11 is 8.86. The highest BCUT2D eigenvalue weighted by molar-refractivity contribution is 9.10.